The van der Waals surface area contributed by atoms with Crippen molar-refractivity contribution in [3.63, 3.8) is 0 Å². The Bertz CT molecular complexity index is 478. The summed E-state index contributed by atoms with van der Waals surface area (Å²) in [4.78, 5) is 14.2. The molecular weight excluding hydrogens is 238 g/mol. The van der Waals surface area contributed by atoms with Gasteiger partial charge in [0.15, 0.2) is 0 Å². The van der Waals surface area contributed by atoms with Crippen molar-refractivity contribution in [2.24, 2.45) is 0 Å². The maximum atomic E-state index is 11.5. The highest BCUT2D eigenvalue weighted by molar-refractivity contribution is 5.89. The van der Waals surface area contributed by atoms with Gasteiger partial charge >= 0.3 is 5.97 Å². The molecule has 0 amide bonds. The molecule has 1 aromatic rings. The van der Waals surface area contributed by atoms with Gasteiger partial charge in [0.1, 0.15) is 0 Å². The van der Waals surface area contributed by atoms with Crippen LogP contribution in [0.1, 0.15) is 47.2 Å². The Labute approximate surface area is 114 Å². The molecule has 2 aliphatic rings. The molecule has 1 aromatic carbocycles. The number of fused-ring (bicyclic) bond motifs is 1. The lowest BCUT2D eigenvalue weighted by molar-refractivity contribution is 0.0600. The van der Waals surface area contributed by atoms with Crippen molar-refractivity contribution >= 4 is 5.97 Å². The molecule has 0 N–H and O–H groups in total. The predicted octanol–water partition coefficient (Wildman–Crippen LogP) is 2.77. The maximum Gasteiger partial charge on any atom is 0.337 e. The Morgan fingerprint density at radius 2 is 2.05 bits per heavy atom. The van der Waals surface area contributed by atoms with Gasteiger partial charge in [-0.05, 0) is 42.5 Å². The average molecular weight is 259 g/mol. The Kier molecular flexibility index (Phi) is 3.56. The topological polar surface area (TPSA) is 29.5 Å². The first kappa shape index (κ1) is 12.7. The van der Waals surface area contributed by atoms with E-state index in [2.05, 4.69) is 11.0 Å². The number of hydrogen-bond acceptors (Lipinski definition) is 3. The van der Waals surface area contributed by atoms with Gasteiger partial charge in [-0.25, -0.2) is 4.79 Å². The summed E-state index contributed by atoms with van der Waals surface area (Å²) < 4.78 is 4.78. The van der Waals surface area contributed by atoms with Crippen LogP contribution in [0.4, 0.5) is 0 Å². The van der Waals surface area contributed by atoms with E-state index in [0.29, 0.717) is 5.56 Å². The van der Waals surface area contributed by atoms with E-state index in [1.165, 1.54) is 43.9 Å². The molecule has 1 aliphatic heterocycles. The fraction of sp³-hybridized carbons (Fsp3) is 0.562. The minimum absolute atomic E-state index is 0.235. The first-order chi connectivity index (χ1) is 9.28. The third-order valence-corrected chi connectivity index (χ3v) is 4.51. The number of ether oxygens (including phenoxy) is 1. The van der Waals surface area contributed by atoms with Gasteiger partial charge in [0.2, 0.25) is 0 Å². The monoisotopic (exact) mass is 259 g/mol. The van der Waals surface area contributed by atoms with E-state index in [9.17, 15) is 4.79 Å². The predicted molar refractivity (Wildman–Crippen MR) is 74.2 cm³/mol. The number of esters is 1. The zero-order chi connectivity index (χ0) is 13.2. The zero-order valence-corrected chi connectivity index (χ0v) is 11.5. The first-order valence-electron chi connectivity index (χ1n) is 7.22. The minimum atomic E-state index is -0.235. The van der Waals surface area contributed by atoms with Gasteiger partial charge in [-0.15, -0.1) is 0 Å². The van der Waals surface area contributed by atoms with Crippen LogP contribution in [0.5, 0.6) is 0 Å². The third kappa shape index (κ3) is 2.52. The third-order valence-electron chi connectivity index (χ3n) is 4.51. The SMILES string of the molecule is COC(=O)c1ccc2c(c1)CCN(C1CCCC1)C2. The molecule has 3 nitrogen and oxygen atoms in total. The molecular formula is C16H21NO2. The molecule has 1 saturated carbocycles. The summed E-state index contributed by atoms with van der Waals surface area (Å²) >= 11 is 0. The Hall–Kier alpha value is -1.35. The first-order valence-corrected chi connectivity index (χ1v) is 7.22. The normalized spacial score (nSPS) is 20.3. The number of nitrogens with zero attached hydrogens (tertiary/aromatic N) is 1. The summed E-state index contributed by atoms with van der Waals surface area (Å²) in [6.45, 7) is 2.17. The Balaban J connectivity index is 1.76. The summed E-state index contributed by atoms with van der Waals surface area (Å²) in [5.74, 6) is -0.235. The van der Waals surface area contributed by atoms with Crippen molar-refractivity contribution in [3.8, 4) is 0 Å². The number of carbonyl (C=O) groups is 1. The molecule has 102 valence electrons. The van der Waals surface area contributed by atoms with Gasteiger partial charge < -0.3 is 4.74 Å². The molecule has 1 heterocycles. The van der Waals surface area contributed by atoms with Crippen LogP contribution >= 0.6 is 0 Å². The maximum absolute atomic E-state index is 11.5. The smallest absolute Gasteiger partial charge is 0.337 e. The molecule has 0 aromatic heterocycles. The summed E-state index contributed by atoms with van der Waals surface area (Å²) in [6.07, 6.45) is 6.53. The van der Waals surface area contributed by atoms with Gasteiger partial charge in [0.25, 0.3) is 0 Å². The number of hydrogen-bond donors (Lipinski definition) is 0. The van der Waals surface area contributed by atoms with Crippen molar-refractivity contribution in [1.29, 1.82) is 0 Å². The quantitative estimate of drug-likeness (QED) is 0.765. The largest absolute Gasteiger partial charge is 0.465 e. The summed E-state index contributed by atoms with van der Waals surface area (Å²) in [6, 6.07) is 6.78. The molecule has 19 heavy (non-hydrogen) atoms. The lowest BCUT2D eigenvalue weighted by Crippen LogP contribution is -2.37. The van der Waals surface area contributed by atoms with Crippen LogP contribution in [0.25, 0.3) is 0 Å². The van der Waals surface area contributed by atoms with Crippen LogP contribution in [-0.2, 0) is 17.7 Å². The lowest BCUT2D eigenvalue weighted by atomic mass is 9.96. The molecule has 1 fully saturated rings. The van der Waals surface area contributed by atoms with Crippen LogP contribution in [0.3, 0.4) is 0 Å². The number of methoxy groups -OCH3 is 1. The lowest BCUT2D eigenvalue weighted by Gasteiger charge is -2.33. The van der Waals surface area contributed by atoms with Gasteiger partial charge in [0, 0.05) is 19.1 Å². The molecule has 0 unspecified atom stereocenters. The second-order valence-corrected chi connectivity index (χ2v) is 5.63. The summed E-state index contributed by atoms with van der Waals surface area (Å²) in [5, 5.41) is 0. The van der Waals surface area contributed by atoms with Crippen molar-refractivity contribution in [3.05, 3.63) is 34.9 Å². The molecule has 0 spiro atoms. The zero-order valence-electron chi connectivity index (χ0n) is 11.5. The van der Waals surface area contributed by atoms with Crippen molar-refractivity contribution in [2.45, 2.75) is 44.7 Å². The molecule has 0 radical (unpaired) electrons. The van der Waals surface area contributed by atoms with E-state index in [1.807, 2.05) is 12.1 Å². The average Bonchev–Trinajstić information content (AvgIpc) is 2.99. The fourth-order valence-electron chi connectivity index (χ4n) is 3.40. The molecule has 1 aliphatic carbocycles. The molecule has 3 heteroatoms. The molecule has 0 bridgehead atoms. The number of benzene rings is 1. The van der Waals surface area contributed by atoms with Crippen molar-refractivity contribution < 1.29 is 9.53 Å². The molecule has 3 rings (SSSR count). The molecule has 0 atom stereocenters. The van der Waals surface area contributed by atoms with E-state index < -0.39 is 0 Å². The highest BCUT2D eigenvalue weighted by Crippen LogP contribution is 2.29. The second-order valence-electron chi connectivity index (χ2n) is 5.63. The van der Waals surface area contributed by atoms with Crippen LogP contribution in [0.2, 0.25) is 0 Å². The van der Waals surface area contributed by atoms with Gasteiger partial charge in [0.05, 0.1) is 12.7 Å². The van der Waals surface area contributed by atoms with Crippen molar-refractivity contribution in [1.82, 2.24) is 4.90 Å². The van der Waals surface area contributed by atoms with Gasteiger partial charge in [-0.1, -0.05) is 18.9 Å². The van der Waals surface area contributed by atoms with E-state index in [0.717, 1.165) is 25.6 Å². The summed E-state index contributed by atoms with van der Waals surface area (Å²) in [5.41, 5.74) is 3.37. The Morgan fingerprint density at radius 1 is 1.26 bits per heavy atom. The Morgan fingerprint density at radius 3 is 2.79 bits per heavy atom. The standard InChI is InChI=1S/C16H21NO2/c1-19-16(18)13-6-7-14-11-17(9-8-12(14)10-13)15-4-2-3-5-15/h6-7,10,15H,2-5,8-9,11H2,1H3. The van der Waals surface area contributed by atoms with Crippen LogP contribution < -0.4 is 0 Å². The summed E-state index contributed by atoms with van der Waals surface area (Å²) in [7, 11) is 1.43. The highest BCUT2D eigenvalue weighted by atomic mass is 16.5. The second kappa shape index (κ2) is 5.33. The van der Waals surface area contributed by atoms with E-state index in [4.69, 9.17) is 4.74 Å². The number of rotatable bonds is 2. The van der Waals surface area contributed by atoms with E-state index in [1.54, 1.807) is 0 Å². The van der Waals surface area contributed by atoms with Crippen molar-refractivity contribution in [2.75, 3.05) is 13.7 Å². The van der Waals surface area contributed by atoms with Gasteiger partial charge in [-0.2, -0.15) is 0 Å². The van der Waals surface area contributed by atoms with Crippen LogP contribution in [0, 0.1) is 0 Å². The highest BCUT2D eigenvalue weighted by Gasteiger charge is 2.26. The van der Waals surface area contributed by atoms with Crippen LogP contribution in [0.15, 0.2) is 18.2 Å². The van der Waals surface area contributed by atoms with Gasteiger partial charge in [-0.3, -0.25) is 4.90 Å². The van der Waals surface area contributed by atoms with E-state index in [-0.39, 0.29) is 5.97 Å². The minimum Gasteiger partial charge on any atom is -0.465 e. The fourth-order valence-corrected chi connectivity index (χ4v) is 3.40. The molecule has 0 saturated heterocycles. The number of carbonyl (C=O) groups excluding carboxylic acids is 1. The van der Waals surface area contributed by atoms with Crippen LogP contribution in [-0.4, -0.2) is 30.6 Å². The van der Waals surface area contributed by atoms with E-state index >= 15 is 0 Å².